The van der Waals surface area contributed by atoms with Gasteiger partial charge in [0, 0.05) is 0 Å². The maximum atomic E-state index is 11.6. The molecule has 22 heavy (non-hydrogen) atoms. The second-order valence-electron chi connectivity index (χ2n) is 6.47. The van der Waals surface area contributed by atoms with Gasteiger partial charge in [0.1, 0.15) is 0 Å². The van der Waals surface area contributed by atoms with E-state index in [0.717, 1.165) is 51.4 Å². The molecule has 132 valence electrons. The average molecular weight is 330 g/mol. The lowest BCUT2D eigenvalue weighted by atomic mass is 9.93. The predicted molar refractivity (Wildman–Crippen MR) is 91.5 cm³/mol. The van der Waals surface area contributed by atoms with Crippen LogP contribution in [0.2, 0.25) is 0 Å². The van der Waals surface area contributed by atoms with Crippen LogP contribution in [-0.4, -0.2) is 0 Å². The first-order valence-electron chi connectivity index (χ1n) is 9.10. The molecule has 0 aliphatic heterocycles. The van der Waals surface area contributed by atoms with Crippen molar-refractivity contribution in [3.8, 4) is 0 Å². The van der Waals surface area contributed by atoms with E-state index in [1.165, 1.54) is 6.42 Å². The van der Waals surface area contributed by atoms with E-state index in [1.54, 1.807) is 6.08 Å². The summed E-state index contributed by atoms with van der Waals surface area (Å²) in [5, 5.41) is 0.158. The molecule has 0 aromatic carbocycles. The van der Waals surface area contributed by atoms with Crippen LogP contribution >= 0.6 is 7.60 Å². The van der Waals surface area contributed by atoms with Crippen molar-refractivity contribution in [2.45, 2.75) is 91.9 Å². The normalized spacial score (nSPS) is 15.8. The minimum atomic E-state index is -4.61. The summed E-state index contributed by atoms with van der Waals surface area (Å²) < 4.78 is 11.6. The summed E-state index contributed by atoms with van der Waals surface area (Å²) >= 11 is 0. The maximum absolute atomic E-state index is 11.6. The molecule has 2 atom stereocenters. The van der Waals surface area contributed by atoms with E-state index in [9.17, 15) is 14.4 Å². The Morgan fingerprint density at radius 2 is 1.45 bits per heavy atom. The molecular formula is C18H35O3P-2. The van der Waals surface area contributed by atoms with Crippen LogP contribution in [0.15, 0.2) is 11.4 Å². The van der Waals surface area contributed by atoms with Gasteiger partial charge in [-0.15, -0.1) is 0 Å². The molecule has 0 bridgehead atoms. The zero-order valence-electron chi connectivity index (χ0n) is 15.0. The van der Waals surface area contributed by atoms with Crippen LogP contribution < -0.4 is 9.79 Å². The van der Waals surface area contributed by atoms with Gasteiger partial charge < -0.3 is 14.4 Å². The summed E-state index contributed by atoms with van der Waals surface area (Å²) in [5.41, 5.74) is 0. The summed E-state index contributed by atoms with van der Waals surface area (Å²) in [6.07, 6.45) is 11.5. The smallest absolute Gasteiger partial charge is 0.0242 e. The molecule has 0 amide bonds. The SMILES string of the molecule is CCCCC(CC)C/C=C(/CC(CC)CCCC)P(=O)([O-])[O-]. The van der Waals surface area contributed by atoms with E-state index in [-0.39, 0.29) is 5.31 Å². The average Bonchev–Trinajstić information content (AvgIpc) is 2.48. The van der Waals surface area contributed by atoms with Gasteiger partial charge in [0.15, 0.2) is 0 Å². The lowest BCUT2D eigenvalue weighted by Crippen LogP contribution is -2.17. The quantitative estimate of drug-likeness (QED) is 0.447. The van der Waals surface area contributed by atoms with Gasteiger partial charge in [-0.25, -0.2) is 0 Å². The molecule has 0 spiro atoms. The summed E-state index contributed by atoms with van der Waals surface area (Å²) in [6, 6.07) is 0. The second kappa shape index (κ2) is 12.3. The Bertz CT molecular complexity index is 346. The lowest BCUT2D eigenvalue weighted by Gasteiger charge is -2.35. The first-order chi connectivity index (χ1) is 10.4. The highest BCUT2D eigenvalue weighted by atomic mass is 31.2. The lowest BCUT2D eigenvalue weighted by molar-refractivity contribution is -0.310. The molecule has 0 fully saturated rings. The Balaban J connectivity index is 4.81. The Hall–Kier alpha value is -0.110. The third kappa shape index (κ3) is 9.82. The number of hydrogen-bond donors (Lipinski definition) is 0. The van der Waals surface area contributed by atoms with Crippen LogP contribution in [0.1, 0.15) is 91.9 Å². The number of unbranched alkanes of at least 4 members (excludes halogenated alkanes) is 2. The van der Waals surface area contributed by atoms with Crippen molar-refractivity contribution in [2.24, 2.45) is 11.8 Å². The van der Waals surface area contributed by atoms with Gasteiger partial charge in [-0.2, -0.15) is 0 Å². The first kappa shape index (κ1) is 21.9. The largest absolute Gasteiger partial charge is 0.808 e. The van der Waals surface area contributed by atoms with Crippen molar-refractivity contribution in [1.29, 1.82) is 0 Å². The monoisotopic (exact) mass is 330 g/mol. The van der Waals surface area contributed by atoms with Gasteiger partial charge in [-0.3, -0.25) is 0 Å². The van der Waals surface area contributed by atoms with Gasteiger partial charge in [0.25, 0.3) is 0 Å². The van der Waals surface area contributed by atoms with E-state index >= 15 is 0 Å². The minimum absolute atomic E-state index is 0.158. The van der Waals surface area contributed by atoms with E-state index in [1.807, 2.05) is 0 Å². The molecule has 0 saturated carbocycles. The molecule has 4 heteroatoms. The Morgan fingerprint density at radius 3 is 1.86 bits per heavy atom. The predicted octanol–water partition coefficient (Wildman–Crippen LogP) is 5.00. The van der Waals surface area contributed by atoms with Crippen molar-refractivity contribution in [2.75, 3.05) is 0 Å². The van der Waals surface area contributed by atoms with Crippen molar-refractivity contribution in [3.05, 3.63) is 11.4 Å². The highest BCUT2D eigenvalue weighted by Crippen LogP contribution is 2.42. The number of rotatable bonds is 13. The number of allylic oxidation sites excluding steroid dienone is 2. The van der Waals surface area contributed by atoms with Crippen molar-refractivity contribution < 1.29 is 14.4 Å². The molecule has 0 aliphatic rings. The van der Waals surface area contributed by atoms with Crippen molar-refractivity contribution in [3.63, 3.8) is 0 Å². The van der Waals surface area contributed by atoms with Gasteiger partial charge in [-0.1, -0.05) is 85.1 Å². The van der Waals surface area contributed by atoms with Crippen LogP contribution in [0.5, 0.6) is 0 Å². The summed E-state index contributed by atoms with van der Waals surface area (Å²) in [7, 11) is -4.61. The maximum Gasteiger partial charge on any atom is -0.0242 e. The summed E-state index contributed by atoms with van der Waals surface area (Å²) in [5.74, 6) is 0.815. The summed E-state index contributed by atoms with van der Waals surface area (Å²) in [6.45, 7) is 8.51. The molecule has 3 nitrogen and oxygen atoms in total. The van der Waals surface area contributed by atoms with Crippen molar-refractivity contribution in [1.82, 2.24) is 0 Å². The first-order valence-corrected chi connectivity index (χ1v) is 10.6. The van der Waals surface area contributed by atoms with Crippen LogP contribution in [0.25, 0.3) is 0 Å². The molecule has 0 radical (unpaired) electrons. The Labute approximate surface area is 137 Å². The van der Waals surface area contributed by atoms with E-state index in [0.29, 0.717) is 18.3 Å². The van der Waals surface area contributed by atoms with Gasteiger partial charge in [0.2, 0.25) is 0 Å². The van der Waals surface area contributed by atoms with Crippen LogP contribution in [0.3, 0.4) is 0 Å². The highest BCUT2D eigenvalue weighted by Gasteiger charge is 2.13. The number of hydrogen-bond acceptors (Lipinski definition) is 3. The van der Waals surface area contributed by atoms with Gasteiger partial charge >= 0.3 is 0 Å². The molecule has 0 rings (SSSR count). The fraction of sp³-hybridized carbons (Fsp3) is 0.889. The van der Waals surface area contributed by atoms with Crippen LogP contribution in [0.4, 0.5) is 0 Å². The second-order valence-corrected chi connectivity index (χ2v) is 8.04. The standard InChI is InChI=1S/C18H37O3P/c1-5-9-11-16(7-3)13-14-18(22(19,20)21)15-17(8-4)12-10-6-2/h14,16-17H,5-13,15H2,1-4H3,(H2,19,20,21)/p-2/b18-14-. The highest BCUT2D eigenvalue weighted by molar-refractivity contribution is 7.53. The van der Waals surface area contributed by atoms with Crippen LogP contribution in [0, 0.1) is 11.8 Å². The minimum Gasteiger partial charge on any atom is -0.808 e. The fourth-order valence-corrected chi connectivity index (χ4v) is 3.64. The molecule has 2 unspecified atom stereocenters. The zero-order valence-corrected chi connectivity index (χ0v) is 15.9. The molecule has 0 saturated heterocycles. The molecule has 0 N–H and O–H groups in total. The molecule has 0 aromatic heterocycles. The molecule has 0 aliphatic carbocycles. The Morgan fingerprint density at radius 1 is 0.955 bits per heavy atom. The van der Waals surface area contributed by atoms with E-state index < -0.39 is 7.60 Å². The third-order valence-electron chi connectivity index (χ3n) is 4.62. The van der Waals surface area contributed by atoms with Crippen LogP contribution in [-0.2, 0) is 4.57 Å². The summed E-state index contributed by atoms with van der Waals surface area (Å²) in [4.78, 5) is 23.2. The van der Waals surface area contributed by atoms with E-state index in [2.05, 4.69) is 27.7 Å². The topological polar surface area (TPSA) is 63.2 Å². The Kier molecular flexibility index (Phi) is 12.3. The van der Waals surface area contributed by atoms with Gasteiger partial charge in [-0.05, 0) is 37.6 Å². The fourth-order valence-electron chi connectivity index (χ4n) is 2.83. The van der Waals surface area contributed by atoms with E-state index in [4.69, 9.17) is 0 Å². The molecule has 0 heterocycles. The van der Waals surface area contributed by atoms with Gasteiger partial charge in [0.05, 0.1) is 0 Å². The zero-order chi connectivity index (χ0) is 17.0. The third-order valence-corrected chi connectivity index (χ3v) is 5.69. The molecular weight excluding hydrogens is 295 g/mol. The molecule has 0 aromatic rings. The van der Waals surface area contributed by atoms with Crippen molar-refractivity contribution >= 4 is 7.60 Å².